The standard InChI is InChI=1S/C28H28F4N2O4S.C2H6/c1-4-14(2)19-11-18(9-10-21(19)38-13-16-5-7-17(8-6-16)24(29)30)23-15(3)22-26(36)33-28(37)34(27(22)39-23)12-20(35)25(31)32;1-2/h5-11,14,20,24-25,35H,4,12-13H2,1-3H3,(H,33,36,37);1-2H3. The first-order valence-corrected chi connectivity index (χ1v) is 14.2. The fraction of sp³-hybridized carbons (Fsp3) is 0.400. The smallest absolute Gasteiger partial charge is 0.329 e. The number of nitrogens with zero attached hydrogens (tertiary/aromatic N) is 1. The van der Waals surface area contributed by atoms with Gasteiger partial charge >= 0.3 is 5.69 Å². The number of ether oxygens (including phenoxy) is 1. The lowest BCUT2D eigenvalue weighted by atomic mass is 9.94. The summed E-state index contributed by atoms with van der Waals surface area (Å²) < 4.78 is 58.8. The third-order valence-electron chi connectivity index (χ3n) is 6.77. The zero-order valence-corrected chi connectivity index (χ0v) is 24.3. The van der Waals surface area contributed by atoms with Crippen LogP contribution in [-0.4, -0.2) is 27.2 Å². The second-order valence-corrected chi connectivity index (χ2v) is 10.4. The van der Waals surface area contributed by atoms with E-state index in [4.69, 9.17) is 4.74 Å². The number of hydrogen-bond donors (Lipinski definition) is 2. The largest absolute Gasteiger partial charge is 0.489 e. The van der Waals surface area contributed by atoms with E-state index in [-0.39, 0.29) is 28.3 Å². The molecule has 0 aliphatic rings. The first-order valence-electron chi connectivity index (χ1n) is 13.4. The molecule has 2 atom stereocenters. The summed E-state index contributed by atoms with van der Waals surface area (Å²) in [5.41, 5.74) is 1.42. The minimum Gasteiger partial charge on any atom is -0.489 e. The zero-order valence-electron chi connectivity index (χ0n) is 23.5. The molecule has 0 aliphatic carbocycles. The van der Waals surface area contributed by atoms with E-state index in [1.54, 1.807) is 25.1 Å². The van der Waals surface area contributed by atoms with E-state index < -0.39 is 36.7 Å². The number of H-pyrrole nitrogens is 1. The van der Waals surface area contributed by atoms with Crippen LogP contribution in [0.1, 0.15) is 68.7 Å². The van der Waals surface area contributed by atoms with Gasteiger partial charge in [-0.15, -0.1) is 11.3 Å². The van der Waals surface area contributed by atoms with Gasteiger partial charge in [0.15, 0.2) is 0 Å². The normalized spacial score (nSPS) is 12.9. The van der Waals surface area contributed by atoms with E-state index in [2.05, 4.69) is 4.98 Å². The molecule has 222 valence electrons. The highest BCUT2D eigenvalue weighted by Crippen LogP contribution is 2.40. The van der Waals surface area contributed by atoms with Crippen LogP contribution < -0.4 is 16.0 Å². The zero-order chi connectivity index (χ0) is 30.4. The van der Waals surface area contributed by atoms with Gasteiger partial charge in [-0.05, 0) is 59.7 Å². The number of aliphatic hydroxyl groups excluding tert-OH is 1. The Kier molecular flexibility index (Phi) is 10.9. The molecule has 2 N–H and O–H groups in total. The summed E-state index contributed by atoms with van der Waals surface area (Å²) in [6.45, 7) is 9.31. The average Bonchev–Trinajstić information content (AvgIpc) is 3.31. The van der Waals surface area contributed by atoms with Crippen molar-refractivity contribution in [1.29, 1.82) is 0 Å². The lowest BCUT2D eigenvalue weighted by Crippen LogP contribution is -2.35. The molecule has 2 unspecified atom stereocenters. The lowest BCUT2D eigenvalue weighted by molar-refractivity contribution is -0.0135. The van der Waals surface area contributed by atoms with Gasteiger partial charge < -0.3 is 9.84 Å². The van der Waals surface area contributed by atoms with E-state index >= 15 is 0 Å². The highest BCUT2D eigenvalue weighted by Gasteiger charge is 2.23. The maximum absolute atomic E-state index is 13.0. The minimum atomic E-state index is -3.05. The molecule has 0 aliphatic heterocycles. The van der Waals surface area contributed by atoms with Crippen LogP contribution in [-0.2, 0) is 13.2 Å². The van der Waals surface area contributed by atoms with Crippen LogP contribution in [0.25, 0.3) is 20.7 Å². The molecule has 0 spiro atoms. The Morgan fingerprint density at radius 3 is 2.29 bits per heavy atom. The van der Waals surface area contributed by atoms with Crippen molar-refractivity contribution in [3.8, 4) is 16.2 Å². The monoisotopic (exact) mass is 594 g/mol. The number of fused-ring (bicyclic) bond motifs is 1. The molecule has 0 radical (unpaired) electrons. The quantitative estimate of drug-likeness (QED) is 0.187. The first-order chi connectivity index (χ1) is 19.5. The van der Waals surface area contributed by atoms with Crippen molar-refractivity contribution in [2.45, 2.75) is 79.1 Å². The van der Waals surface area contributed by atoms with Gasteiger partial charge in [-0.1, -0.05) is 52.0 Å². The predicted octanol–water partition coefficient (Wildman–Crippen LogP) is 7.41. The topological polar surface area (TPSA) is 84.3 Å². The van der Waals surface area contributed by atoms with Crippen LogP contribution in [0.3, 0.4) is 0 Å². The summed E-state index contributed by atoms with van der Waals surface area (Å²) in [5.74, 6) is 0.721. The summed E-state index contributed by atoms with van der Waals surface area (Å²) in [6, 6.07) is 11.5. The number of halogens is 4. The Bertz CT molecular complexity index is 1580. The Labute approximate surface area is 239 Å². The van der Waals surface area contributed by atoms with E-state index in [1.807, 2.05) is 39.8 Å². The number of aromatic amines is 1. The number of alkyl halides is 4. The van der Waals surface area contributed by atoms with Crippen molar-refractivity contribution in [3.63, 3.8) is 0 Å². The Morgan fingerprint density at radius 1 is 1.05 bits per heavy atom. The molecule has 4 aromatic rings. The number of thiophene rings is 1. The van der Waals surface area contributed by atoms with E-state index in [1.165, 1.54) is 12.1 Å². The molecule has 2 aromatic carbocycles. The molecule has 4 rings (SSSR count). The van der Waals surface area contributed by atoms with Crippen molar-refractivity contribution >= 4 is 21.6 Å². The van der Waals surface area contributed by atoms with Gasteiger partial charge in [0, 0.05) is 10.4 Å². The maximum Gasteiger partial charge on any atom is 0.329 e. The summed E-state index contributed by atoms with van der Waals surface area (Å²) in [4.78, 5) is 28.1. The van der Waals surface area contributed by atoms with Gasteiger partial charge in [0.25, 0.3) is 18.4 Å². The maximum atomic E-state index is 13.0. The van der Waals surface area contributed by atoms with Crippen LogP contribution in [0.4, 0.5) is 17.6 Å². The van der Waals surface area contributed by atoms with Gasteiger partial charge in [-0.3, -0.25) is 14.3 Å². The van der Waals surface area contributed by atoms with Gasteiger partial charge in [0.2, 0.25) is 0 Å². The Balaban J connectivity index is 0.00000226. The fourth-order valence-electron chi connectivity index (χ4n) is 4.33. The van der Waals surface area contributed by atoms with E-state index in [0.29, 0.717) is 16.2 Å². The molecular weight excluding hydrogens is 560 g/mol. The fourth-order valence-corrected chi connectivity index (χ4v) is 5.64. The third kappa shape index (κ3) is 7.08. The average molecular weight is 595 g/mol. The summed E-state index contributed by atoms with van der Waals surface area (Å²) in [5, 5.41) is 9.91. The summed E-state index contributed by atoms with van der Waals surface area (Å²) >= 11 is 1.12. The molecule has 0 saturated heterocycles. The van der Waals surface area contributed by atoms with Crippen molar-refractivity contribution in [3.05, 3.63) is 85.6 Å². The SMILES string of the molecule is CC.CCC(C)c1cc(-c2sc3c(c2C)c(=O)[nH]c(=O)n3CC(O)C(F)F)ccc1OCc1ccc(C(F)F)cc1. The predicted molar refractivity (Wildman–Crippen MR) is 155 cm³/mol. The molecule has 11 heteroatoms. The molecule has 2 heterocycles. The molecule has 0 fully saturated rings. The van der Waals surface area contributed by atoms with E-state index in [9.17, 15) is 32.3 Å². The number of aromatic nitrogens is 2. The van der Waals surface area contributed by atoms with E-state index in [0.717, 1.165) is 39.0 Å². The highest BCUT2D eigenvalue weighted by molar-refractivity contribution is 7.22. The second-order valence-electron chi connectivity index (χ2n) is 9.40. The number of benzene rings is 2. The molecule has 41 heavy (non-hydrogen) atoms. The molecule has 0 amide bonds. The molecule has 0 bridgehead atoms. The number of aryl methyl sites for hydroxylation is 1. The molecule has 6 nitrogen and oxygen atoms in total. The number of hydrogen-bond acceptors (Lipinski definition) is 5. The third-order valence-corrected chi connectivity index (χ3v) is 8.13. The highest BCUT2D eigenvalue weighted by atomic mass is 32.1. The summed E-state index contributed by atoms with van der Waals surface area (Å²) in [7, 11) is 0. The Hall–Kier alpha value is -3.44. The second kappa shape index (κ2) is 14.0. The van der Waals surface area contributed by atoms with Crippen LogP contribution in [0.2, 0.25) is 0 Å². The van der Waals surface area contributed by atoms with Crippen molar-refractivity contribution < 1.29 is 27.4 Å². The molecular formula is C30H34F4N2O4S. The van der Waals surface area contributed by atoms with Gasteiger partial charge in [0.05, 0.1) is 11.9 Å². The Morgan fingerprint density at radius 2 is 1.71 bits per heavy atom. The minimum absolute atomic E-state index is 0.0601. The van der Waals surface area contributed by atoms with Gasteiger partial charge in [0.1, 0.15) is 23.3 Å². The van der Waals surface area contributed by atoms with Gasteiger partial charge in [-0.25, -0.2) is 22.4 Å². The lowest BCUT2D eigenvalue weighted by Gasteiger charge is -2.17. The van der Waals surface area contributed by atoms with Crippen molar-refractivity contribution in [1.82, 2.24) is 9.55 Å². The number of aliphatic hydroxyl groups is 1. The van der Waals surface area contributed by atoms with Crippen molar-refractivity contribution in [2.24, 2.45) is 0 Å². The van der Waals surface area contributed by atoms with Crippen LogP contribution in [0.15, 0.2) is 52.1 Å². The van der Waals surface area contributed by atoms with Crippen LogP contribution in [0, 0.1) is 6.92 Å². The van der Waals surface area contributed by atoms with Crippen molar-refractivity contribution in [2.75, 3.05) is 0 Å². The van der Waals surface area contributed by atoms with Crippen LogP contribution >= 0.6 is 11.3 Å². The summed E-state index contributed by atoms with van der Waals surface area (Å²) in [6.07, 6.45) is -6.85. The van der Waals surface area contributed by atoms with Crippen LogP contribution in [0.5, 0.6) is 5.75 Å². The number of nitrogens with one attached hydrogen (secondary N) is 1. The molecule has 2 aromatic heterocycles. The number of rotatable bonds is 10. The van der Waals surface area contributed by atoms with Gasteiger partial charge in [-0.2, -0.15) is 0 Å². The molecule has 0 saturated carbocycles. The first kappa shape index (κ1) is 32.1.